The molecule has 20 heavy (non-hydrogen) atoms. The van der Waals surface area contributed by atoms with Crippen LogP contribution >= 0.6 is 15.9 Å². The van der Waals surface area contributed by atoms with Crippen molar-refractivity contribution >= 4 is 32.6 Å². The molecule has 2 nitrogen and oxygen atoms in total. The highest BCUT2D eigenvalue weighted by Gasteiger charge is 2.15. The number of carbonyl (C=O) groups excluding carboxylic acids is 1. The molecule has 0 aliphatic rings. The predicted octanol–water partition coefficient (Wildman–Crippen LogP) is 4.54. The Labute approximate surface area is 125 Å². The molecule has 1 aromatic heterocycles. The standard InChI is InChI=1S/C17H12BrNO/c1-11-6-8-12(9-7-11)17(20)16-14(18)10-13-4-2-3-5-15(13)19-16/h2-10H,1H3. The predicted molar refractivity (Wildman–Crippen MR) is 84.1 cm³/mol. The van der Waals surface area contributed by atoms with Gasteiger partial charge in [0.05, 0.1) is 5.52 Å². The third-order valence-electron chi connectivity index (χ3n) is 3.21. The van der Waals surface area contributed by atoms with Gasteiger partial charge in [0.1, 0.15) is 5.69 Å². The largest absolute Gasteiger partial charge is 0.287 e. The van der Waals surface area contributed by atoms with Crippen LogP contribution in [0.2, 0.25) is 0 Å². The monoisotopic (exact) mass is 325 g/mol. The first-order valence-electron chi connectivity index (χ1n) is 6.32. The summed E-state index contributed by atoms with van der Waals surface area (Å²) in [4.78, 5) is 17.0. The van der Waals surface area contributed by atoms with Gasteiger partial charge in [0.25, 0.3) is 0 Å². The molecule has 3 heteroatoms. The molecule has 0 amide bonds. The molecule has 0 radical (unpaired) electrons. The van der Waals surface area contributed by atoms with Crippen LogP contribution in [0.25, 0.3) is 10.9 Å². The fourth-order valence-corrected chi connectivity index (χ4v) is 2.61. The van der Waals surface area contributed by atoms with Crippen molar-refractivity contribution in [1.82, 2.24) is 4.98 Å². The van der Waals surface area contributed by atoms with Gasteiger partial charge in [-0.1, -0.05) is 48.0 Å². The van der Waals surface area contributed by atoms with E-state index < -0.39 is 0 Å². The molecular weight excluding hydrogens is 314 g/mol. The van der Waals surface area contributed by atoms with Crippen LogP contribution in [-0.4, -0.2) is 10.8 Å². The first kappa shape index (κ1) is 13.0. The summed E-state index contributed by atoms with van der Waals surface area (Å²) in [7, 11) is 0. The Morgan fingerprint density at radius 1 is 1.05 bits per heavy atom. The molecule has 3 aromatic rings. The highest BCUT2D eigenvalue weighted by molar-refractivity contribution is 9.10. The zero-order valence-corrected chi connectivity index (χ0v) is 12.5. The Kier molecular flexibility index (Phi) is 3.36. The van der Waals surface area contributed by atoms with Crippen molar-refractivity contribution < 1.29 is 4.79 Å². The second-order valence-corrected chi connectivity index (χ2v) is 5.56. The van der Waals surface area contributed by atoms with Gasteiger partial charge >= 0.3 is 0 Å². The minimum Gasteiger partial charge on any atom is -0.287 e. The van der Waals surface area contributed by atoms with Crippen LogP contribution in [0.4, 0.5) is 0 Å². The van der Waals surface area contributed by atoms with E-state index in [1.54, 1.807) is 0 Å². The lowest BCUT2D eigenvalue weighted by atomic mass is 10.1. The van der Waals surface area contributed by atoms with Crippen molar-refractivity contribution in [2.24, 2.45) is 0 Å². The van der Waals surface area contributed by atoms with Crippen molar-refractivity contribution in [1.29, 1.82) is 0 Å². The molecule has 0 fully saturated rings. The number of hydrogen-bond donors (Lipinski definition) is 0. The van der Waals surface area contributed by atoms with Crippen molar-refractivity contribution in [3.8, 4) is 0 Å². The molecule has 0 bridgehead atoms. The van der Waals surface area contributed by atoms with Gasteiger partial charge in [-0.05, 0) is 35.0 Å². The summed E-state index contributed by atoms with van der Waals surface area (Å²) in [5, 5.41) is 1.01. The summed E-state index contributed by atoms with van der Waals surface area (Å²) < 4.78 is 0.724. The minimum absolute atomic E-state index is 0.0670. The molecular formula is C17H12BrNO. The van der Waals surface area contributed by atoms with Gasteiger partial charge in [0, 0.05) is 15.4 Å². The van der Waals surface area contributed by atoms with E-state index in [-0.39, 0.29) is 5.78 Å². The van der Waals surface area contributed by atoms with Gasteiger partial charge in [0.2, 0.25) is 5.78 Å². The van der Waals surface area contributed by atoms with E-state index in [2.05, 4.69) is 20.9 Å². The first-order valence-corrected chi connectivity index (χ1v) is 7.11. The summed E-state index contributed by atoms with van der Waals surface area (Å²) in [5.41, 5.74) is 3.06. The van der Waals surface area contributed by atoms with Crippen LogP contribution in [0.5, 0.6) is 0 Å². The highest BCUT2D eigenvalue weighted by Crippen LogP contribution is 2.23. The number of para-hydroxylation sites is 1. The smallest absolute Gasteiger partial charge is 0.212 e. The lowest BCUT2D eigenvalue weighted by Crippen LogP contribution is -2.05. The van der Waals surface area contributed by atoms with Crippen LogP contribution in [0.15, 0.2) is 59.1 Å². The van der Waals surface area contributed by atoms with Gasteiger partial charge in [-0.15, -0.1) is 0 Å². The van der Waals surface area contributed by atoms with Gasteiger partial charge in [0.15, 0.2) is 0 Å². The second-order valence-electron chi connectivity index (χ2n) is 4.71. The number of aromatic nitrogens is 1. The fraction of sp³-hybridized carbons (Fsp3) is 0.0588. The Bertz CT molecular complexity index is 794. The number of ketones is 1. The maximum atomic E-state index is 12.5. The number of benzene rings is 2. The third-order valence-corrected chi connectivity index (χ3v) is 3.81. The van der Waals surface area contributed by atoms with Crippen LogP contribution in [-0.2, 0) is 0 Å². The summed E-state index contributed by atoms with van der Waals surface area (Å²) in [6, 6.07) is 17.2. The molecule has 0 spiro atoms. The Hall–Kier alpha value is -2.00. The lowest BCUT2D eigenvalue weighted by molar-refractivity contribution is 0.103. The van der Waals surface area contributed by atoms with Gasteiger partial charge in [-0.2, -0.15) is 0 Å². The molecule has 0 unspecified atom stereocenters. The van der Waals surface area contributed by atoms with Crippen LogP contribution < -0.4 is 0 Å². The molecule has 0 N–H and O–H groups in total. The molecule has 0 atom stereocenters. The maximum Gasteiger partial charge on any atom is 0.212 e. The zero-order valence-electron chi connectivity index (χ0n) is 10.9. The molecule has 0 saturated heterocycles. The topological polar surface area (TPSA) is 30.0 Å². The quantitative estimate of drug-likeness (QED) is 0.647. The normalized spacial score (nSPS) is 10.7. The first-order chi connectivity index (χ1) is 9.65. The van der Waals surface area contributed by atoms with Crippen molar-refractivity contribution in [2.45, 2.75) is 6.92 Å². The van der Waals surface area contributed by atoms with E-state index in [9.17, 15) is 4.79 Å². The van der Waals surface area contributed by atoms with Crippen molar-refractivity contribution in [3.05, 3.63) is 75.9 Å². The highest BCUT2D eigenvalue weighted by atomic mass is 79.9. The van der Waals surface area contributed by atoms with Crippen LogP contribution in [0, 0.1) is 6.92 Å². The van der Waals surface area contributed by atoms with Gasteiger partial charge < -0.3 is 0 Å². The molecule has 0 aliphatic carbocycles. The van der Waals surface area contributed by atoms with E-state index in [0.717, 1.165) is 20.9 Å². The summed E-state index contributed by atoms with van der Waals surface area (Å²) in [6.07, 6.45) is 0. The van der Waals surface area contributed by atoms with Crippen LogP contribution in [0.3, 0.4) is 0 Å². The average molecular weight is 326 g/mol. The molecule has 1 heterocycles. The van der Waals surface area contributed by atoms with Crippen LogP contribution in [0.1, 0.15) is 21.6 Å². The zero-order chi connectivity index (χ0) is 14.1. The van der Waals surface area contributed by atoms with E-state index in [0.29, 0.717) is 11.3 Å². The minimum atomic E-state index is -0.0670. The van der Waals surface area contributed by atoms with E-state index in [1.807, 2.05) is 61.5 Å². The number of hydrogen-bond acceptors (Lipinski definition) is 2. The number of halogens is 1. The fourth-order valence-electron chi connectivity index (χ4n) is 2.09. The number of fused-ring (bicyclic) bond motifs is 1. The molecule has 98 valence electrons. The average Bonchev–Trinajstić information content (AvgIpc) is 2.46. The van der Waals surface area contributed by atoms with E-state index >= 15 is 0 Å². The molecule has 3 rings (SSSR count). The van der Waals surface area contributed by atoms with Gasteiger partial charge in [-0.3, -0.25) is 4.79 Å². The third kappa shape index (κ3) is 2.37. The SMILES string of the molecule is Cc1ccc(C(=O)c2nc3ccccc3cc2Br)cc1. The second kappa shape index (κ2) is 5.17. The Balaban J connectivity index is 2.11. The van der Waals surface area contributed by atoms with Crippen molar-refractivity contribution in [3.63, 3.8) is 0 Å². The summed E-state index contributed by atoms with van der Waals surface area (Å²) >= 11 is 3.45. The molecule has 0 aliphatic heterocycles. The number of carbonyl (C=O) groups is 1. The summed E-state index contributed by atoms with van der Waals surface area (Å²) in [5.74, 6) is -0.0670. The number of rotatable bonds is 2. The number of nitrogens with zero attached hydrogens (tertiary/aromatic N) is 1. The Morgan fingerprint density at radius 2 is 1.75 bits per heavy atom. The Morgan fingerprint density at radius 3 is 2.50 bits per heavy atom. The lowest BCUT2D eigenvalue weighted by Gasteiger charge is -2.06. The van der Waals surface area contributed by atoms with Crippen molar-refractivity contribution in [2.75, 3.05) is 0 Å². The van der Waals surface area contributed by atoms with E-state index in [1.165, 1.54) is 0 Å². The molecule has 0 saturated carbocycles. The number of pyridine rings is 1. The summed E-state index contributed by atoms with van der Waals surface area (Å²) in [6.45, 7) is 2.00. The number of aryl methyl sites for hydroxylation is 1. The van der Waals surface area contributed by atoms with Gasteiger partial charge in [-0.25, -0.2) is 4.98 Å². The van der Waals surface area contributed by atoms with E-state index in [4.69, 9.17) is 0 Å². The molecule has 2 aromatic carbocycles. The maximum absolute atomic E-state index is 12.5.